The normalized spacial score (nSPS) is 10.0. The summed E-state index contributed by atoms with van der Waals surface area (Å²) in [6, 6.07) is 11.6. The highest BCUT2D eigenvalue weighted by Gasteiger charge is 2.12. The van der Waals surface area contributed by atoms with Crippen molar-refractivity contribution in [3.8, 4) is 11.5 Å². The van der Waals surface area contributed by atoms with Crippen molar-refractivity contribution in [1.82, 2.24) is 0 Å². The molecule has 6 heteroatoms. The maximum Gasteiger partial charge on any atom is 0.336 e. The van der Waals surface area contributed by atoms with Gasteiger partial charge in [-0.2, -0.15) is 0 Å². The summed E-state index contributed by atoms with van der Waals surface area (Å²) < 4.78 is 10.4. The number of aromatic carboxylic acids is 1. The zero-order valence-corrected chi connectivity index (χ0v) is 12.8. The highest BCUT2D eigenvalue weighted by molar-refractivity contribution is 5.96. The molecule has 0 unspecified atom stereocenters. The van der Waals surface area contributed by atoms with Crippen LogP contribution in [0.2, 0.25) is 0 Å². The van der Waals surface area contributed by atoms with Gasteiger partial charge in [-0.1, -0.05) is 6.07 Å². The van der Waals surface area contributed by atoms with Crippen molar-refractivity contribution in [2.75, 3.05) is 19.0 Å². The third kappa shape index (κ3) is 4.23. The van der Waals surface area contributed by atoms with Crippen LogP contribution in [0, 0.1) is 6.92 Å². The van der Waals surface area contributed by atoms with Crippen molar-refractivity contribution < 1.29 is 24.2 Å². The minimum atomic E-state index is -1.03. The van der Waals surface area contributed by atoms with Crippen molar-refractivity contribution in [1.29, 1.82) is 0 Å². The predicted octanol–water partition coefficient (Wildman–Crippen LogP) is 2.72. The maximum atomic E-state index is 11.9. The number of carboxylic acids is 1. The van der Waals surface area contributed by atoms with Gasteiger partial charge in [-0.05, 0) is 48.9 Å². The van der Waals surface area contributed by atoms with Gasteiger partial charge in [0.05, 0.1) is 12.7 Å². The first kappa shape index (κ1) is 16.4. The van der Waals surface area contributed by atoms with Gasteiger partial charge in [-0.25, -0.2) is 4.79 Å². The zero-order chi connectivity index (χ0) is 16.8. The summed E-state index contributed by atoms with van der Waals surface area (Å²) in [4.78, 5) is 23.0. The molecule has 0 aliphatic carbocycles. The molecule has 0 spiro atoms. The highest BCUT2D eigenvalue weighted by Crippen LogP contribution is 2.19. The Morgan fingerprint density at radius 1 is 1.09 bits per heavy atom. The average molecular weight is 315 g/mol. The van der Waals surface area contributed by atoms with Gasteiger partial charge in [0.2, 0.25) is 0 Å². The Hall–Kier alpha value is -3.02. The molecule has 2 aromatic rings. The van der Waals surface area contributed by atoms with Gasteiger partial charge in [0.25, 0.3) is 5.91 Å². The fraction of sp³-hybridized carbons (Fsp3) is 0.176. The lowest BCUT2D eigenvalue weighted by atomic mass is 10.1. The summed E-state index contributed by atoms with van der Waals surface area (Å²) in [5.74, 6) is -0.167. The quantitative estimate of drug-likeness (QED) is 0.856. The van der Waals surface area contributed by atoms with Crippen molar-refractivity contribution >= 4 is 17.6 Å². The van der Waals surface area contributed by atoms with Crippen molar-refractivity contribution in [2.45, 2.75) is 6.92 Å². The number of carboxylic acid groups (broad SMARTS) is 1. The molecule has 23 heavy (non-hydrogen) atoms. The minimum absolute atomic E-state index is 0.152. The summed E-state index contributed by atoms with van der Waals surface area (Å²) >= 11 is 0. The molecule has 0 bridgehead atoms. The number of anilines is 1. The molecule has 1 amide bonds. The molecule has 2 N–H and O–H groups in total. The van der Waals surface area contributed by atoms with E-state index in [1.54, 1.807) is 50.4 Å². The molecular formula is C17H17NO5. The Balaban J connectivity index is 1.97. The molecule has 0 heterocycles. The third-order valence-electron chi connectivity index (χ3n) is 3.27. The van der Waals surface area contributed by atoms with Crippen LogP contribution in [-0.2, 0) is 4.79 Å². The first-order chi connectivity index (χ1) is 11.0. The first-order valence-corrected chi connectivity index (χ1v) is 6.91. The largest absolute Gasteiger partial charge is 0.497 e. The van der Waals surface area contributed by atoms with E-state index >= 15 is 0 Å². The molecule has 0 saturated heterocycles. The number of benzene rings is 2. The van der Waals surface area contributed by atoms with Gasteiger partial charge in [-0.15, -0.1) is 0 Å². The van der Waals surface area contributed by atoms with Crippen LogP contribution in [0.1, 0.15) is 15.9 Å². The Labute approximate surface area is 133 Å². The van der Waals surface area contributed by atoms with Gasteiger partial charge in [-0.3, -0.25) is 4.79 Å². The van der Waals surface area contributed by atoms with Gasteiger partial charge in [0.15, 0.2) is 6.61 Å². The topological polar surface area (TPSA) is 84.9 Å². The van der Waals surface area contributed by atoms with Gasteiger partial charge in [0.1, 0.15) is 11.5 Å². The van der Waals surface area contributed by atoms with E-state index in [1.165, 1.54) is 6.07 Å². The molecule has 0 aromatic heterocycles. The SMILES string of the molecule is COc1ccc(OCC(=O)Nc2cccc(C(=O)O)c2C)cc1. The minimum Gasteiger partial charge on any atom is -0.497 e. The van der Waals surface area contributed by atoms with Gasteiger partial charge in [0, 0.05) is 5.69 Å². The second kappa shape index (κ2) is 7.31. The van der Waals surface area contributed by atoms with Crippen LogP contribution in [0.15, 0.2) is 42.5 Å². The lowest BCUT2D eigenvalue weighted by Gasteiger charge is -2.11. The Kier molecular flexibility index (Phi) is 5.19. The summed E-state index contributed by atoms with van der Waals surface area (Å²) in [5.41, 5.74) is 1.10. The average Bonchev–Trinajstić information content (AvgIpc) is 2.55. The number of carbonyl (C=O) groups excluding carboxylic acids is 1. The van der Waals surface area contributed by atoms with Crippen molar-refractivity contribution in [3.05, 3.63) is 53.6 Å². The van der Waals surface area contributed by atoms with Gasteiger partial charge >= 0.3 is 5.97 Å². The summed E-state index contributed by atoms with van der Waals surface area (Å²) in [6.07, 6.45) is 0. The number of amides is 1. The highest BCUT2D eigenvalue weighted by atomic mass is 16.5. The van der Waals surface area contributed by atoms with Crippen molar-refractivity contribution in [3.63, 3.8) is 0 Å². The molecule has 2 aromatic carbocycles. The van der Waals surface area contributed by atoms with E-state index in [0.29, 0.717) is 22.7 Å². The van der Waals surface area contributed by atoms with E-state index in [1.807, 2.05) is 0 Å². The van der Waals surface area contributed by atoms with E-state index in [0.717, 1.165) is 0 Å². The van der Waals surface area contributed by atoms with Crippen LogP contribution in [0.5, 0.6) is 11.5 Å². The molecule has 0 aliphatic rings. The number of methoxy groups -OCH3 is 1. The predicted molar refractivity (Wildman–Crippen MR) is 85.3 cm³/mol. The molecule has 2 rings (SSSR count). The first-order valence-electron chi connectivity index (χ1n) is 6.91. The third-order valence-corrected chi connectivity index (χ3v) is 3.27. The van der Waals surface area contributed by atoms with E-state index < -0.39 is 5.97 Å². The number of nitrogens with one attached hydrogen (secondary N) is 1. The van der Waals surface area contributed by atoms with Crippen molar-refractivity contribution in [2.24, 2.45) is 0 Å². The van der Waals surface area contributed by atoms with E-state index in [-0.39, 0.29) is 18.1 Å². The van der Waals surface area contributed by atoms with E-state index in [2.05, 4.69) is 5.32 Å². The van der Waals surface area contributed by atoms with E-state index in [9.17, 15) is 9.59 Å². The standard InChI is InChI=1S/C17H17NO5/c1-11-14(17(20)21)4-3-5-15(11)18-16(19)10-23-13-8-6-12(22-2)7-9-13/h3-9H,10H2,1-2H3,(H,18,19)(H,20,21). The Morgan fingerprint density at radius 3 is 2.35 bits per heavy atom. The molecule has 0 aliphatic heterocycles. The van der Waals surface area contributed by atoms with Crippen LogP contribution in [-0.4, -0.2) is 30.7 Å². The Morgan fingerprint density at radius 2 is 1.74 bits per heavy atom. The molecule has 0 saturated carbocycles. The monoisotopic (exact) mass is 315 g/mol. The maximum absolute atomic E-state index is 11.9. The molecular weight excluding hydrogens is 298 g/mol. The van der Waals surface area contributed by atoms with Crippen LogP contribution in [0.4, 0.5) is 5.69 Å². The van der Waals surface area contributed by atoms with E-state index in [4.69, 9.17) is 14.6 Å². The summed E-state index contributed by atoms with van der Waals surface area (Å²) in [6.45, 7) is 1.46. The molecule has 120 valence electrons. The molecule has 0 atom stereocenters. The molecule has 6 nitrogen and oxygen atoms in total. The number of rotatable bonds is 6. The lowest BCUT2D eigenvalue weighted by Crippen LogP contribution is -2.21. The van der Waals surface area contributed by atoms with Crippen LogP contribution in [0.3, 0.4) is 0 Å². The van der Waals surface area contributed by atoms with Crippen LogP contribution < -0.4 is 14.8 Å². The summed E-state index contributed by atoms with van der Waals surface area (Å²) in [7, 11) is 1.57. The van der Waals surface area contributed by atoms with Crippen LogP contribution in [0.25, 0.3) is 0 Å². The number of carbonyl (C=O) groups is 2. The second-order valence-corrected chi connectivity index (χ2v) is 4.80. The fourth-order valence-electron chi connectivity index (χ4n) is 2.01. The molecule has 0 fully saturated rings. The Bertz CT molecular complexity index is 709. The smallest absolute Gasteiger partial charge is 0.336 e. The van der Waals surface area contributed by atoms with Crippen LogP contribution >= 0.6 is 0 Å². The molecule has 0 radical (unpaired) electrons. The lowest BCUT2D eigenvalue weighted by molar-refractivity contribution is -0.118. The zero-order valence-electron chi connectivity index (χ0n) is 12.8. The number of hydrogen-bond donors (Lipinski definition) is 2. The summed E-state index contributed by atoms with van der Waals surface area (Å²) in [5, 5.41) is 11.7. The second-order valence-electron chi connectivity index (χ2n) is 4.80. The number of hydrogen-bond acceptors (Lipinski definition) is 4. The fourth-order valence-corrected chi connectivity index (χ4v) is 2.01. The number of ether oxygens (including phenoxy) is 2. The van der Waals surface area contributed by atoms with Gasteiger partial charge < -0.3 is 19.9 Å².